The number of benzene rings is 2. The molecule has 2 aromatic carbocycles. The zero-order valence-corrected chi connectivity index (χ0v) is 21.8. The van der Waals surface area contributed by atoms with Crippen LogP contribution in [-0.2, 0) is 32.4 Å². The van der Waals surface area contributed by atoms with Gasteiger partial charge in [-0.05, 0) is 67.5 Å². The highest BCUT2D eigenvalue weighted by atomic mass is 17.3. The highest BCUT2D eigenvalue weighted by Gasteiger charge is 2.21. The first-order valence-electron chi connectivity index (χ1n) is 13.2. The highest BCUT2D eigenvalue weighted by Crippen LogP contribution is 2.18. The van der Waals surface area contributed by atoms with E-state index >= 15 is 0 Å². The van der Waals surface area contributed by atoms with Crippen molar-refractivity contribution < 1.29 is 29.1 Å². The first-order chi connectivity index (χ1) is 17.6. The van der Waals surface area contributed by atoms with Crippen LogP contribution >= 0.6 is 0 Å². The summed E-state index contributed by atoms with van der Waals surface area (Å²) in [6, 6.07) is 14.5. The third-order valence-corrected chi connectivity index (χ3v) is 5.82. The summed E-state index contributed by atoms with van der Waals surface area (Å²) in [5.41, 5.74) is 3.06. The highest BCUT2D eigenvalue weighted by molar-refractivity contribution is 5.89. The SMILES string of the molecule is [CH2]CC[C](OOC(=O)c1ccc(CCCCCC)cc1)OOC(=O)c1ccc(CCCCCC)cc1. The molecule has 196 valence electrons. The van der Waals surface area contributed by atoms with Gasteiger partial charge < -0.3 is 0 Å². The Kier molecular flexibility index (Phi) is 14.5. The fourth-order valence-corrected chi connectivity index (χ4v) is 3.63. The Bertz CT molecular complexity index is 804. The second-order valence-electron chi connectivity index (χ2n) is 8.90. The molecule has 0 aliphatic rings. The van der Waals surface area contributed by atoms with Gasteiger partial charge in [-0.15, -0.1) is 9.78 Å². The number of carbonyl (C=O) groups is 2. The molecule has 0 saturated carbocycles. The van der Waals surface area contributed by atoms with Gasteiger partial charge in [0.05, 0.1) is 11.1 Å². The second kappa shape index (κ2) is 17.7. The summed E-state index contributed by atoms with van der Waals surface area (Å²) in [7, 11) is 0. The summed E-state index contributed by atoms with van der Waals surface area (Å²) in [5, 5.41) is 0. The van der Waals surface area contributed by atoms with E-state index in [-0.39, 0.29) is 12.7 Å². The van der Waals surface area contributed by atoms with Crippen molar-refractivity contribution in [2.24, 2.45) is 0 Å². The molecule has 0 spiro atoms. The molecule has 2 aromatic rings. The minimum absolute atomic E-state index is 0.160. The molecular weight excluding hydrogens is 456 g/mol. The molecule has 0 fully saturated rings. The van der Waals surface area contributed by atoms with Crippen LogP contribution in [0.4, 0.5) is 0 Å². The topological polar surface area (TPSA) is 71.1 Å². The van der Waals surface area contributed by atoms with Crippen LogP contribution in [0.1, 0.15) is 110 Å². The zero-order valence-electron chi connectivity index (χ0n) is 21.8. The molecule has 0 aliphatic heterocycles. The molecule has 0 N–H and O–H groups in total. The average molecular weight is 497 g/mol. The molecule has 0 saturated heterocycles. The molecule has 2 rings (SSSR count). The van der Waals surface area contributed by atoms with E-state index in [1.807, 2.05) is 24.3 Å². The molecular formula is C30H40O6. The van der Waals surface area contributed by atoms with Crippen LogP contribution in [0.25, 0.3) is 0 Å². The van der Waals surface area contributed by atoms with Gasteiger partial charge in [0, 0.05) is 6.42 Å². The Morgan fingerprint density at radius 3 is 1.39 bits per heavy atom. The predicted octanol–water partition coefficient (Wildman–Crippen LogP) is 7.91. The largest absolute Gasteiger partial charge is 0.373 e. The van der Waals surface area contributed by atoms with Gasteiger partial charge in [0.25, 0.3) is 0 Å². The normalized spacial score (nSPS) is 11.0. The van der Waals surface area contributed by atoms with E-state index in [9.17, 15) is 9.59 Å². The predicted molar refractivity (Wildman–Crippen MR) is 139 cm³/mol. The molecule has 0 aliphatic carbocycles. The van der Waals surface area contributed by atoms with E-state index in [0.717, 1.165) is 25.7 Å². The van der Waals surface area contributed by atoms with Gasteiger partial charge in [-0.2, -0.15) is 0 Å². The zero-order chi connectivity index (χ0) is 26.0. The lowest BCUT2D eigenvalue weighted by atomic mass is 10.0. The molecule has 0 unspecified atom stereocenters. The Balaban J connectivity index is 1.77. The van der Waals surface area contributed by atoms with E-state index in [1.54, 1.807) is 24.3 Å². The average Bonchev–Trinajstić information content (AvgIpc) is 2.91. The van der Waals surface area contributed by atoms with Gasteiger partial charge in [0.1, 0.15) is 0 Å². The van der Waals surface area contributed by atoms with Gasteiger partial charge in [0.15, 0.2) is 0 Å². The molecule has 2 radical (unpaired) electrons. The van der Waals surface area contributed by atoms with Crippen molar-refractivity contribution in [3.8, 4) is 0 Å². The van der Waals surface area contributed by atoms with Crippen LogP contribution in [0.3, 0.4) is 0 Å². The van der Waals surface area contributed by atoms with Gasteiger partial charge in [0.2, 0.25) is 0 Å². The van der Waals surface area contributed by atoms with Crippen LogP contribution < -0.4 is 0 Å². The van der Waals surface area contributed by atoms with Crippen molar-refractivity contribution in [1.29, 1.82) is 0 Å². The van der Waals surface area contributed by atoms with Crippen LogP contribution in [0, 0.1) is 13.2 Å². The molecule has 6 nitrogen and oxygen atoms in total. The maximum Gasteiger partial charge on any atom is 0.373 e. The van der Waals surface area contributed by atoms with Crippen molar-refractivity contribution in [1.82, 2.24) is 0 Å². The van der Waals surface area contributed by atoms with Gasteiger partial charge >= 0.3 is 18.2 Å². The van der Waals surface area contributed by atoms with Crippen molar-refractivity contribution >= 4 is 11.9 Å². The van der Waals surface area contributed by atoms with E-state index < -0.39 is 11.9 Å². The Morgan fingerprint density at radius 1 is 0.611 bits per heavy atom. The lowest BCUT2D eigenvalue weighted by molar-refractivity contribution is -0.363. The van der Waals surface area contributed by atoms with Crippen molar-refractivity contribution in [3.63, 3.8) is 0 Å². The smallest absolute Gasteiger partial charge is 0.289 e. The Hall–Kier alpha value is -2.70. The molecule has 6 heteroatoms. The number of hydrogen-bond donors (Lipinski definition) is 0. The molecule has 0 bridgehead atoms. The van der Waals surface area contributed by atoms with Crippen LogP contribution in [0.2, 0.25) is 0 Å². The maximum absolute atomic E-state index is 12.3. The van der Waals surface area contributed by atoms with Crippen molar-refractivity contribution in [2.75, 3.05) is 0 Å². The first-order valence-corrected chi connectivity index (χ1v) is 13.2. The number of aryl methyl sites for hydroxylation is 2. The summed E-state index contributed by atoms with van der Waals surface area (Å²) in [4.78, 5) is 44.5. The Morgan fingerprint density at radius 2 is 1.03 bits per heavy atom. The quantitative estimate of drug-likeness (QED) is 0.119. The number of rotatable bonds is 18. The number of unbranched alkanes of at least 4 members (excludes halogenated alkanes) is 6. The summed E-state index contributed by atoms with van der Waals surface area (Å²) >= 11 is 0. The van der Waals surface area contributed by atoms with E-state index in [4.69, 9.17) is 19.6 Å². The summed E-state index contributed by atoms with van der Waals surface area (Å²) in [6.07, 6.45) is 11.9. The van der Waals surface area contributed by atoms with Crippen LogP contribution in [-0.4, -0.2) is 11.9 Å². The third-order valence-electron chi connectivity index (χ3n) is 5.82. The molecule has 0 aromatic heterocycles. The van der Waals surface area contributed by atoms with Gasteiger partial charge in [-0.3, -0.25) is 9.78 Å². The van der Waals surface area contributed by atoms with E-state index in [1.165, 1.54) is 49.7 Å². The minimum atomic E-state index is -0.668. The molecule has 0 heterocycles. The third kappa shape index (κ3) is 11.4. The fourth-order valence-electron chi connectivity index (χ4n) is 3.63. The monoisotopic (exact) mass is 496 g/mol. The fraction of sp³-hybridized carbons (Fsp3) is 0.467. The van der Waals surface area contributed by atoms with Gasteiger partial charge in [-0.25, -0.2) is 9.59 Å². The molecule has 0 amide bonds. The van der Waals surface area contributed by atoms with E-state index in [0.29, 0.717) is 17.5 Å². The van der Waals surface area contributed by atoms with Gasteiger partial charge in [-0.1, -0.05) is 83.6 Å². The van der Waals surface area contributed by atoms with Crippen LogP contribution in [0.5, 0.6) is 0 Å². The van der Waals surface area contributed by atoms with E-state index in [2.05, 4.69) is 20.8 Å². The lowest BCUT2D eigenvalue weighted by Crippen LogP contribution is -2.16. The summed E-state index contributed by atoms with van der Waals surface area (Å²) < 4.78 is 0. The standard InChI is InChI=1S/C30H40O6/c1-4-7-9-11-14-24-16-20-26(21-17-24)29(31)35-33-28(13-6-3)34-36-30(32)27-22-18-25(19-23-27)15-12-10-8-5-2/h16-23H,3-15H2,1-2H3. The van der Waals surface area contributed by atoms with Crippen LogP contribution in [0.15, 0.2) is 48.5 Å². The lowest BCUT2D eigenvalue weighted by Gasteiger charge is -2.13. The number of hydrogen-bond acceptors (Lipinski definition) is 6. The molecule has 36 heavy (non-hydrogen) atoms. The van der Waals surface area contributed by atoms with Crippen molar-refractivity contribution in [2.45, 2.75) is 90.9 Å². The maximum atomic E-state index is 12.3. The number of carbonyl (C=O) groups excluding carboxylic acids is 2. The first kappa shape index (κ1) is 29.5. The summed E-state index contributed by atoms with van der Waals surface area (Å²) in [5.74, 6) is -1.34. The Labute approximate surface area is 216 Å². The van der Waals surface area contributed by atoms with Crippen molar-refractivity contribution in [3.05, 3.63) is 84.0 Å². The second-order valence-corrected chi connectivity index (χ2v) is 8.90. The molecule has 0 atom stereocenters. The minimum Gasteiger partial charge on any atom is -0.289 e. The summed E-state index contributed by atoms with van der Waals surface area (Å²) in [6.45, 7) is 8.10.